The van der Waals surface area contributed by atoms with E-state index >= 15 is 0 Å². The molecule has 0 heterocycles. The Balaban J connectivity index is 0.00000128. The van der Waals surface area contributed by atoms with E-state index in [0.29, 0.717) is 0 Å². The van der Waals surface area contributed by atoms with E-state index in [1.165, 1.54) is 0 Å². The first-order chi connectivity index (χ1) is 7.38. The maximum absolute atomic E-state index is 8.88. The van der Waals surface area contributed by atoms with Crippen molar-refractivity contribution in [2.45, 2.75) is 6.61 Å². The number of hydrogen-bond donors (Lipinski definition) is 1. The van der Waals surface area contributed by atoms with E-state index in [4.69, 9.17) is 9.84 Å². The molecule has 0 saturated carbocycles. The molecule has 0 fully saturated rings. The van der Waals surface area contributed by atoms with E-state index in [-0.39, 0.29) is 36.2 Å². The second-order valence-corrected chi connectivity index (χ2v) is 3.22. The van der Waals surface area contributed by atoms with Crippen LogP contribution >= 0.6 is 0 Å². The Morgan fingerprint density at radius 3 is 1.94 bits per heavy atom. The Kier molecular flexibility index (Phi) is 5.56. The molecule has 0 unspecified atom stereocenters. The molecule has 16 heavy (non-hydrogen) atoms. The van der Waals surface area contributed by atoms with Crippen LogP contribution in [-0.2, 0) is 6.61 Å². The molecule has 1 N–H and O–H groups in total. The quantitative estimate of drug-likeness (QED) is 0.811. The van der Waals surface area contributed by atoms with E-state index in [0.717, 1.165) is 17.1 Å². The molecule has 78 valence electrons. The van der Waals surface area contributed by atoms with Crippen LogP contribution in [0.4, 0.5) is 0 Å². The van der Waals surface area contributed by atoms with E-state index in [9.17, 15) is 0 Å². The fourth-order valence-electron chi connectivity index (χ4n) is 1.29. The fourth-order valence-corrected chi connectivity index (χ4v) is 1.29. The standard InChI is InChI=1S/C13H12O2.Na.H/c14-10-11-6-8-13(9-7-11)15-12-4-2-1-3-5-12;;/h1-9,14H,10H2;;. The number of hydrogen-bond acceptors (Lipinski definition) is 2. The van der Waals surface area contributed by atoms with Crippen LogP contribution in [0.15, 0.2) is 54.6 Å². The first kappa shape index (κ1) is 13.3. The summed E-state index contributed by atoms with van der Waals surface area (Å²) in [6.07, 6.45) is 0. The van der Waals surface area contributed by atoms with Gasteiger partial charge in [0.1, 0.15) is 11.5 Å². The molecule has 0 aliphatic heterocycles. The molecule has 0 bridgehead atoms. The summed E-state index contributed by atoms with van der Waals surface area (Å²) in [5.41, 5.74) is 0.885. The van der Waals surface area contributed by atoms with Gasteiger partial charge in [-0.3, -0.25) is 0 Å². The van der Waals surface area contributed by atoms with Gasteiger partial charge in [-0.05, 0) is 29.8 Å². The molecule has 0 saturated heterocycles. The second-order valence-electron chi connectivity index (χ2n) is 3.22. The van der Waals surface area contributed by atoms with Gasteiger partial charge < -0.3 is 9.84 Å². The summed E-state index contributed by atoms with van der Waals surface area (Å²) in [5.74, 6) is 1.59. The van der Waals surface area contributed by atoms with Gasteiger partial charge in [-0.2, -0.15) is 0 Å². The first-order valence-corrected chi connectivity index (χ1v) is 4.81. The first-order valence-electron chi connectivity index (χ1n) is 4.81. The molecule has 0 aromatic heterocycles. The van der Waals surface area contributed by atoms with Crippen LogP contribution in [0, 0.1) is 0 Å². The Bertz CT molecular complexity index is 412. The Morgan fingerprint density at radius 2 is 1.38 bits per heavy atom. The van der Waals surface area contributed by atoms with Gasteiger partial charge in [-0.1, -0.05) is 30.3 Å². The van der Waals surface area contributed by atoms with Gasteiger partial charge in [0.05, 0.1) is 6.61 Å². The topological polar surface area (TPSA) is 29.5 Å². The third-order valence-electron chi connectivity index (χ3n) is 2.08. The van der Waals surface area contributed by atoms with E-state index < -0.39 is 0 Å². The number of rotatable bonds is 3. The van der Waals surface area contributed by atoms with Crippen LogP contribution in [0.25, 0.3) is 0 Å². The van der Waals surface area contributed by atoms with Gasteiger partial charge in [-0.25, -0.2) is 0 Å². The van der Waals surface area contributed by atoms with Crippen molar-refractivity contribution in [2.75, 3.05) is 0 Å². The number of benzene rings is 2. The zero-order valence-corrected chi connectivity index (χ0v) is 8.26. The van der Waals surface area contributed by atoms with Crippen LogP contribution in [0.2, 0.25) is 0 Å². The summed E-state index contributed by atoms with van der Waals surface area (Å²) in [5, 5.41) is 8.88. The van der Waals surface area contributed by atoms with Crippen molar-refractivity contribution < 1.29 is 9.84 Å². The van der Waals surface area contributed by atoms with Crippen molar-refractivity contribution in [3.8, 4) is 11.5 Å². The molecule has 0 radical (unpaired) electrons. The molecule has 2 rings (SSSR count). The minimum atomic E-state index is 0. The van der Waals surface area contributed by atoms with Crippen LogP contribution in [0.3, 0.4) is 0 Å². The molecular weight excluding hydrogens is 211 g/mol. The van der Waals surface area contributed by atoms with Crippen molar-refractivity contribution in [1.82, 2.24) is 0 Å². The Morgan fingerprint density at radius 1 is 0.812 bits per heavy atom. The Labute approximate surface area is 117 Å². The number of ether oxygens (including phenoxy) is 1. The number of aliphatic hydroxyl groups excluding tert-OH is 1. The molecule has 0 atom stereocenters. The zero-order chi connectivity index (χ0) is 10.5. The predicted molar refractivity (Wildman–Crippen MR) is 66.0 cm³/mol. The maximum atomic E-state index is 8.88. The van der Waals surface area contributed by atoms with E-state index in [2.05, 4.69) is 0 Å². The van der Waals surface area contributed by atoms with Crippen molar-refractivity contribution >= 4 is 29.6 Å². The Hall–Kier alpha value is -0.800. The van der Waals surface area contributed by atoms with Gasteiger partial charge in [-0.15, -0.1) is 0 Å². The molecule has 2 aromatic rings. The summed E-state index contributed by atoms with van der Waals surface area (Å²) in [6.45, 7) is 0.0611. The van der Waals surface area contributed by atoms with Gasteiger partial charge in [0, 0.05) is 0 Å². The zero-order valence-electron chi connectivity index (χ0n) is 8.26. The molecule has 0 aliphatic carbocycles. The molecule has 0 aliphatic rings. The van der Waals surface area contributed by atoms with Crippen molar-refractivity contribution in [3.63, 3.8) is 0 Å². The summed E-state index contributed by atoms with van der Waals surface area (Å²) < 4.78 is 5.60. The molecule has 3 heteroatoms. The van der Waals surface area contributed by atoms with Gasteiger partial charge in [0.15, 0.2) is 0 Å². The SMILES string of the molecule is OCc1ccc(Oc2ccccc2)cc1.[NaH]. The molecule has 0 amide bonds. The molecule has 2 aromatic carbocycles. The van der Waals surface area contributed by atoms with Crippen LogP contribution < -0.4 is 4.74 Å². The number of aliphatic hydroxyl groups is 1. The van der Waals surface area contributed by atoms with E-state index in [1.54, 1.807) is 0 Å². The van der Waals surface area contributed by atoms with Crippen molar-refractivity contribution in [2.24, 2.45) is 0 Å². The summed E-state index contributed by atoms with van der Waals surface area (Å²) in [7, 11) is 0. The monoisotopic (exact) mass is 224 g/mol. The van der Waals surface area contributed by atoms with Crippen molar-refractivity contribution in [1.29, 1.82) is 0 Å². The van der Waals surface area contributed by atoms with Crippen LogP contribution in [-0.4, -0.2) is 34.7 Å². The summed E-state index contributed by atoms with van der Waals surface area (Å²) in [6, 6.07) is 17.0. The molecule has 0 spiro atoms. The van der Waals surface area contributed by atoms with Crippen molar-refractivity contribution in [3.05, 3.63) is 60.2 Å². The predicted octanol–water partition coefficient (Wildman–Crippen LogP) is 2.32. The normalized spacial score (nSPS) is 9.31. The fraction of sp³-hybridized carbons (Fsp3) is 0.0769. The number of para-hydroxylation sites is 1. The van der Waals surface area contributed by atoms with Gasteiger partial charge in [0.25, 0.3) is 0 Å². The van der Waals surface area contributed by atoms with Crippen LogP contribution in [0.1, 0.15) is 5.56 Å². The van der Waals surface area contributed by atoms with E-state index in [1.807, 2.05) is 54.6 Å². The third-order valence-corrected chi connectivity index (χ3v) is 2.08. The van der Waals surface area contributed by atoms with Gasteiger partial charge >= 0.3 is 29.6 Å². The van der Waals surface area contributed by atoms with Crippen LogP contribution in [0.5, 0.6) is 11.5 Å². The average Bonchev–Trinajstić information content (AvgIpc) is 2.31. The second kappa shape index (κ2) is 6.71. The van der Waals surface area contributed by atoms with Gasteiger partial charge in [0.2, 0.25) is 0 Å². The molecule has 2 nitrogen and oxygen atoms in total. The molecular formula is C13H13NaO2. The average molecular weight is 224 g/mol. The minimum absolute atomic E-state index is 0. The summed E-state index contributed by atoms with van der Waals surface area (Å²) in [4.78, 5) is 0. The summed E-state index contributed by atoms with van der Waals surface area (Å²) >= 11 is 0. The third kappa shape index (κ3) is 3.65.